The maximum absolute atomic E-state index is 12.1. The lowest BCUT2D eigenvalue weighted by atomic mass is 10.1. The van der Waals surface area contributed by atoms with Gasteiger partial charge in [0.25, 0.3) is 0 Å². The third-order valence-corrected chi connectivity index (χ3v) is 4.78. The van der Waals surface area contributed by atoms with Crippen molar-refractivity contribution < 1.29 is 27.4 Å². The van der Waals surface area contributed by atoms with Gasteiger partial charge < -0.3 is 24.4 Å². The van der Waals surface area contributed by atoms with Gasteiger partial charge in [0.05, 0.1) is 14.2 Å². The fraction of sp³-hybridized carbons (Fsp3) is 0.650. The molecule has 1 N–H and O–H groups in total. The number of benzene rings is 1. The van der Waals surface area contributed by atoms with Crippen LogP contribution in [0, 0.1) is 0 Å². The van der Waals surface area contributed by atoms with Crippen molar-refractivity contribution in [2.24, 2.45) is 4.99 Å². The number of methoxy groups -OCH3 is 2. The Balaban J connectivity index is 0.00000480. The number of guanidine groups is 1. The van der Waals surface area contributed by atoms with E-state index in [-0.39, 0.29) is 30.6 Å². The minimum absolute atomic E-state index is 0. The van der Waals surface area contributed by atoms with Crippen LogP contribution in [0.5, 0.6) is 11.5 Å². The lowest BCUT2D eigenvalue weighted by molar-refractivity contribution is -0.173. The number of hydrogen-bond acceptors (Lipinski definition) is 5. The van der Waals surface area contributed by atoms with Crippen LogP contribution in [0.4, 0.5) is 13.2 Å². The lowest BCUT2D eigenvalue weighted by Crippen LogP contribution is -2.52. The van der Waals surface area contributed by atoms with Gasteiger partial charge in [0, 0.05) is 58.5 Å². The zero-order chi connectivity index (χ0) is 22.0. The second kappa shape index (κ2) is 13.8. The minimum Gasteiger partial charge on any atom is -0.497 e. The molecule has 1 fully saturated rings. The van der Waals surface area contributed by atoms with Gasteiger partial charge in [-0.25, -0.2) is 0 Å². The van der Waals surface area contributed by atoms with Crippen molar-refractivity contribution in [3.8, 4) is 11.5 Å². The average molecular weight is 560 g/mol. The van der Waals surface area contributed by atoms with E-state index in [4.69, 9.17) is 9.47 Å². The first-order valence-electron chi connectivity index (χ1n) is 9.89. The third-order valence-electron chi connectivity index (χ3n) is 4.78. The number of rotatable bonds is 9. The Hall–Kier alpha value is -1.47. The van der Waals surface area contributed by atoms with Gasteiger partial charge in [-0.1, -0.05) is 0 Å². The number of nitrogens with zero attached hydrogens (tertiary/aromatic N) is 3. The van der Waals surface area contributed by atoms with Gasteiger partial charge in [-0.05, 0) is 24.6 Å². The molecule has 1 aromatic rings. The molecule has 2 rings (SSSR count). The molecule has 11 heteroatoms. The molecule has 0 unspecified atom stereocenters. The highest BCUT2D eigenvalue weighted by Gasteiger charge is 2.27. The summed E-state index contributed by atoms with van der Waals surface area (Å²) in [6, 6.07) is 5.78. The molecule has 0 saturated carbocycles. The van der Waals surface area contributed by atoms with Crippen molar-refractivity contribution in [2.75, 3.05) is 67.2 Å². The van der Waals surface area contributed by atoms with Crippen LogP contribution in [0.25, 0.3) is 0 Å². The largest absolute Gasteiger partial charge is 0.497 e. The minimum atomic E-state index is -4.28. The van der Waals surface area contributed by atoms with Crippen LogP contribution in [-0.4, -0.2) is 89.1 Å². The summed E-state index contributed by atoms with van der Waals surface area (Å²) in [6.07, 6.45) is -3.80. The maximum atomic E-state index is 12.1. The Morgan fingerprint density at radius 2 is 1.84 bits per heavy atom. The smallest absolute Gasteiger partial charge is 0.411 e. The van der Waals surface area contributed by atoms with Crippen LogP contribution in [-0.2, 0) is 11.3 Å². The van der Waals surface area contributed by atoms with E-state index >= 15 is 0 Å². The lowest BCUT2D eigenvalue weighted by Gasteiger charge is -2.36. The fourth-order valence-electron chi connectivity index (χ4n) is 3.26. The molecule has 1 heterocycles. The van der Waals surface area contributed by atoms with Crippen molar-refractivity contribution in [1.82, 2.24) is 15.1 Å². The Bertz CT molecular complexity index is 684. The first-order valence-corrected chi connectivity index (χ1v) is 9.89. The molecule has 1 aliphatic heterocycles. The Morgan fingerprint density at radius 3 is 2.42 bits per heavy atom. The van der Waals surface area contributed by atoms with Crippen LogP contribution in [0.2, 0.25) is 0 Å². The Morgan fingerprint density at radius 1 is 1.13 bits per heavy atom. The first kappa shape index (κ1) is 27.6. The van der Waals surface area contributed by atoms with Gasteiger partial charge in [0.2, 0.25) is 0 Å². The number of aliphatic imine (C=N–C) groups is 1. The molecule has 0 aliphatic carbocycles. The standard InChI is InChI=1S/C20H31F3N4O3.HI/c1-24-19(25-7-4-12-30-15-20(21,22)23)27-10-8-26(9-11-27)14-16-13-17(28-2)5-6-18(16)29-3;/h5-6,13H,4,7-12,14-15H2,1-3H3,(H,24,25);1H. The van der Waals surface area contributed by atoms with Crippen molar-refractivity contribution in [3.05, 3.63) is 23.8 Å². The monoisotopic (exact) mass is 560 g/mol. The number of alkyl halides is 3. The molecule has 31 heavy (non-hydrogen) atoms. The molecule has 0 radical (unpaired) electrons. The summed E-state index contributed by atoms with van der Waals surface area (Å²) < 4.78 is 51.6. The molecule has 0 atom stereocenters. The van der Waals surface area contributed by atoms with Gasteiger partial charge >= 0.3 is 6.18 Å². The fourth-order valence-corrected chi connectivity index (χ4v) is 3.26. The van der Waals surface area contributed by atoms with E-state index in [2.05, 4.69) is 24.8 Å². The predicted molar refractivity (Wildman–Crippen MR) is 125 cm³/mol. The zero-order valence-corrected chi connectivity index (χ0v) is 20.5. The summed E-state index contributed by atoms with van der Waals surface area (Å²) in [6.45, 7) is 3.43. The van der Waals surface area contributed by atoms with Crippen molar-refractivity contribution in [3.63, 3.8) is 0 Å². The van der Waals surface area contributed by atoms with Crippen molar-refractivity contribution >= 4 is 29.9 Å². The van der Waals surface area contributed by atoms with Gasteiger partial charge in [0.1, 0.15) is 18.1 Å². The molecular formula is C20H32F3IN4O3. The van der Waals surface area contributed by atoms with Crippen LogP contribution >= 0.6 is 24.0 Å². The number of hydrogen-bond donors (Lipinski definition) is 1. The summed E-state index contributed by atoms with van der Waals surface area (Å²) in [4.78, 5) is 8.77. The van der Waals surface area contributed by atoms with E-state index in [0.717, 1.165) is 55.7 Å². The molecule has 1 saturated heterocycles. The number of nitrogens with one attached hydrogen (secondary N) is 1. The van der Waals surface area contributed by atoms with E-state index < -0.39 is 12.8 Å². The molecule has 1 aromatic carbocycles. The summed E-state index contributed by atoms with van der Waals surface area (Å²) >= 11 is 0. The highest BCUT2D eigenvalue weighted by molar-refractivity contribution is 14.0. The van der Waals surface area contributed by atoms with E-state index in [9.17, 15) is 13.2 Å². The van der Waals surface area contributed by atoms with Crippen LogP contribution in [0.1, 0.15) is 12.0 Å². The van der Waals surface area contributed by atoms with E-state index in [0.29, 0.717) is 13.0 Å². The quantitative estimate of drug-likeness (QED) is 0.217. The summed E-state index contributed by atoms with van der Waals surface area (Å²) in [5.41, 5.74) is 1.08. The highest BCUT2D eigenvalue weighted by atomic mass is 127. The van der Waals surface area contributed by atoms with E-state index in [1.165, 1.54) is 0 Å². The van der Waals surface area contributed by atoms with Gasteiger partial charge in [-0.3, -0.25) is 9.89 Å². The third kappa shape index (κ3) is 9.69. The molecule has 0 amide bonds. The first-order chi connectivity index (χ1) is 14.4. The van der Waals surface area contributed by atoms with Crippen LogP contribution in [0.15, 0.2) is 23.2 Å². The second-order valence-electron chi connectivity index (χ2n) is 6.94. The van der Waals surface area contributed by atoms with Crippen molar-refractivity contribution in [2.45, 2.75) is 19.1 Å². The second-order valence-corrected chi connectivity index (χ2v) is 6.94. The van der Waals surface area contributed by atoms with Gasteiger partial charge in [-0.15, -0.1) is 24.0 Å². The maximum Gasteiger partial charge on any atom is 0.411 e. The normalized spacial score (nSPS) is 15.4. The molecule has 178 valence electrons. The molecule has 0 spiro atoms. The Kier molecular flexibility index (Phi) is 12.3. The Labute approximate surface area is 198 Å². The number of ether oxygens (including phenoxy) is 3. The molecular weight excluding hydrogens is 528 g/mol. The summed E-state index contributed by atoms with van der Waals surface area (Å²) in [5, 5.41) is 3.19. The van der Waals surface area contributed by atoms with E-state index in [1.807, 2.05) is 18.2 Å². The van der Waals surface area contributed by atoms with Crippen LogP contribution in [0.3, 0.4) is 0 Å². The highest BCUT2D eigenvalue weighted by Crippen LogP contribution is 2.25. The van der Waals surface area contributed by atoms with Gasteiger partial charge in [-0.2, -0.15) is 13.2 Å². The van der Waals surface area contributed by atoms with Gasteiger partial charge in [0.15, 0.2) is 5.96 Å². The van der Waals surface area contributed by atoms with Crippen LogP contribution < -0.4 is 14.8 Å². The zero-order valence-electron chi connectivity index (χ0n) is 18.2. The molecule has 7 nitrogen and oxygen atoms in total. The average Bonchev–Trinajstić information content (AvgIpc) is 2.73. The van der Waals surface area contributed by atoms with E-state index in [1.54, 1.807) is 21.3 Å². The summed E-state index contributed by atoms with van der Waals surface area (Å²) in [7, 11) is 5.01. The van der Waals surface area contributed by atoms with Crippen molar-refractivity contribution in [1.29, 1.82) is 0 Å². The topological polar surface area (TPSA) is 58.6 Å². The SMILES string of the molecule is CN=C(NCCCOCC(F)(F)F)N1CCN(Cc2cc(OC)ccc2OC)CC1.I. The predicted octanol–water partition coefficient (Wildman–Crippen LogP) is 2.98. The number of halogens is 4. The molecule has 0 bridgehead atoms. The number of piperazine rings is 1. The molecule has 1 aliphatic rings. The summed E-state index contributed by atoms with van der Waals surface area (Å²) in [5.74, 6) is 2.39. The molecule has 0 aromatic heterocycles.